The zero-order valence-corrected chi connectivity index (χ0v) is 12.0. The van der Waals surface area contributed by atoms with E-state index in [9.17, 15) is 9.90 Å². The summed E-state index contributed by atoms with van der Waals surface area (Å²) in [6, 6.07) is -0.426. The Bertz CT molecular complexity index is 462. The normalized spacial score (nSPS) is 24.8. The molecule has 2 unspecified atom stereocenters. The molecule has 2 heterocycles. The second kappa shape index (κ2) is 4.96. The molecule has 1 aromatic rings. The molecule has 0 aliphatic carbocycles. The molecule has 106 valence electrons. The molecule has 1 aliphatic rings. The quantitative estimate of drug-likeness (QED) is 0.909. The lowest BCUT2D eigenvalue weighted by molar-refractivity contribution is -0.143. The summed E-state index contributed by atoms with van der Waals surface area (Å²) in [7, 11) is 0. The predicted octanol–water partition coefficient (Wildman–Crippen LogP) is 2.27. The predicted molar refractivity (Wildman–Crippen MR) is 70.8 cm³/mol. The first-order valence-corrected chi connectivity index (χ1v) is 6.71. The van der Waals surface area contributed by atoms with E-state index in [0.29, 0.717) is 12.4 Å². The molecule has 1 aromatic heterocycles. The number of carbonyl (C=O) groups is 1. The Balaban J connectivity index is 2.09. The van der Waals surface area contributed by atoms with Gasteiger partial charge in [-0.25, -0.2) is 4.98 Å². The third kappa shape index (κ3) is 2.97. The van der Waals surface area contributed by atoms with Crippen molar-refractivity contribution < 1.29 is 14.3 Å². The molecule has 0 aromatic carbocycles. The maximum atomic E-state index is 11.3. The average molecular weight is 266 g/mol. The van der Waals surface area contributed by atoms with E-state index >= 15 is 0 Å². The van der Waals surface area contributed by atoms with Gasteiger partial charge in [0.2, 0.25) is 5.89 Å². The standard InChI is InChI=1S/C14H22N2O3/c1-9-5-6-16(12(9)13(17)18)8-11-15-7-10(19-11)14(2,3)4/h7,9,12H,5-6,8H2,1-4H3,(H,17,18). The molecule has 0 bridgehead atoms. The van der Waals surface area contributed by atoms with Crippen molar-refractivity contribution in [3.63, 3.8) is 0 Å². The van der Waals surface area contributed by atoms with Gasteiger partial charge in [0.05, 0.1) is 12.7 Å². The van der Waals surface area contributed by atoms with Gasteiger partial charge in [0.15, 0.2) is 0 Å². The van der Waals surface area contributed by atoms with Crippen LogP contribution < -0.4 is 0 Å². The van der Waals surface area contributed by atoms with E-state index in [1.807, 2.05) is 11.8 Å². The molecule has 1 fully saturated rings. The molecule has 19 heavy (non-hydrogen) atoms. The number of carboxylic acid groups (broad SMARTS) is 1. The van der Waals surface area contributed by atoms with Gasteiger partial charge in [-0.3, -0.25) is 9.69 Å². The van der Waals surface area contributed by atoms with Crippen LogP contribution in [0.1, 0.15) is 45.8 Å². The highest BCUT2D eigenvalue weighted by Crippen LogP contribution is 2.27. The van der Waals surface area contributed by atoms with Gasteiger partial charge in [0.25, 0.3) is 0 Å². The number of oxazole rings is 1. The van der Waals surface area contributed by atoms with E-state index in [-0.39, 0.29) is 11.3 Å². The molecule has 1 N–H and O–H groups in total. The highest BCUT2D eigenvalue weighted by molar-refractivity contribution is 5.74. The van der Waals surface area contributed by atoms with Gasteiger partial charge >= 0.3 is 5.97 Å². The van der Waals surface area contributed by atoms with Crippen LogP contribution in [0, 0.1) is 5.92 Å². The largest absolute Gasteiger partial charge is 0.480 e. The monoisotopic (exact) mass is 266 g/mol. The lowest BCUT2D eigenvalue weighted by Gasteiger charge is -2.21. The highest BCUT2D eigenvalue weighted by Gasteiger charge is 2.37. The smallest absolute Gasteiger partial charge is 0.321 e. The summed E-state index contributed by atoms with van der Waals surface area (Å²) in [6.45, 7) is 9.43. The molecule has 5 heteroatoms. The molecule has 1 saturated heterocycles. The van der Waals surface area contributed by atoms with E-state index < -0.39 is 12.0 Å². The molecule has 2 atom stereocenters. The first-order valence-electron chi connectivity index (χ1n) is 6.71. The Labute approximate surface area is 113 Å². The third-order valence-corrected chi connectivity index (χ3v) is 3.69. The molecule has 0 saturated carbocycles. The summed E-state index contributed by atoms with van der Waals surface area (Å²) >= 11 is 0. The van der Waals surface area contributed by atoms with Crippen LogP contribution in [0.25, 0.3) is 0 Å². The topological polar surface area (TPSA) is 66.6 Å². The zero-order valence-electron chi connectivity index (χ0n) is 12.0. The average Bonchev–Trinajstić information content (AvgIpc) is 2.85. The number of hydrogen-bond donors (Lipinski definition) is 1. The summed E-state index contributed by atoms with van der Waals surface area (Å²) < 4.78 is 5.73. The van der Waals surface area contributed by atoms with Crippen molar-refractivity contribution in [3.05, 3.63) is 17.8 Å². The van der Waals surface area contributed by atoms with Crippen molar-refractivity contribution in [2.45, 2.75) is 52.1 Å². The second-order valence-corrected chi connectivity index (χ2v) is 6.39. The Morgan fingerprint density at radius 1 is 1.58 bits per heavy atom. The zero-order chi connectivity index (χ0) is 14.2. The first kappa shape index (κ1) is 14.1. The molecule has 0 radical (unpaired) electrons. The number of carboxylic acids is 1. The SMILES string of the molecule is CC1CCN(Cc2ncc(C(C)(C)C)o2)C1C(=O)O. The number of aromatic nitrogens is 1. The number of aliphatic carboxylic acids is 1. The molecular formula is C14H22N2O3. The Morgan fingerprint density at radius 2 is 2.26 bits per heavy atom. The maximum absolute atomic E-state index is 11.3. The van der Waals surface area contributed by atoms with Gasteiger partial charge in [-0.15, -0.1) is 0 Å². The third-order valence-electron chi connectivity index (χ3n) is 3.69. The Morgan fingerprint density at radius 3 is 2.79 bits per heavy atom. The van der Waals surface area contributed by atoms with E-state index in [1.165, 1.54) is 0 Å². The molecule has 5 nitrogen and oxygen atoms in total. The number of nitrogens with zero attached hydrogens (tertiary/aromatic N) is 2. The van der Waals surface area contributed by atoms with Gasteiger partial charge in [0, 0.05) is 5.41 Å². The van der Waals surface area contributed by atoms with Gasteiger partial charge in [-0.2, -0.15) is 0 Å². The van der Waals surface area contributed by atoms with E-state index in [2.05, 4.69) is 25.8 Å². The number of rotatable bonds is 3. The number of likely N-dealkylation sites (tertiary alicyclic amines) is 1. The first-order chi connectivity index (χ1) is 8.79. The van der Waals surface area contributed by atoms with Crippen molar-refractivity contribution in [2.24, 2.45) is 5.92 Å². The van der Waals surface area contributed by atoms with Crippen molar-refractivity contribution in [2.75, 3.05) is 6.54 Å². The van der Waals surface area contributed by atoms with Crippen LogP contribution in [-0.2, 0) is 16.8 Å². The van der Waals surface area contributed by atoms with Crippen LogP contribution in [0.5, 0.6) is 0 Å². The Kier molecular flexibility index (Phi) is 3.67. The van der Waals surface area contributed by atoms with Crippen LogP contribution in [0.4, 0.5) is 0 Å². The summed E-state index contributed by atoms with van der Waals surface area (Å²) in [5, 5.41) is 9.27. The van der Waals surface area contributed by atoms with Crippen molar-refractivity contribution in [1.82, 2.24) is 9.88 Å². The van der Waals surface area contributed by atoms with Crippen LogP contribution >= 0.6 is 0 Å². The minimum absolute atomic E-state index is 0.0737. The summed E-state index contributed by atoms with van der Waals surface area (Å²) in [6.07, 6.45) is 2.65. The Hall–Kier alpha value is -1.36. The fourth-order valence-electron chi connectivity index (χ4n) is 2.51. The molecule has 2 rings (SSSR count). The van der Waals surface area contributed by atoms with Gasteiger partial charge in [-0.1, -0.05) is 27.7 Å². The molecular weight excluding hydrogens is 244 g/mol. The van der Waals surface area contributed by atoms with Crippen molar-refractivity contribution >= 4 is 5.97 Å². The molecule has 0 amide bonds. The summed E-state index contributed by atoms with van der Waals surface area (Å²) in [5.74, 6) is 0.856. The highest BCUT2D eigenvalue weighted by atomic mass is 16.4. The molecule has 1 aliphatic heterocycles. The van der Waals surface area contributed by atoms with E-state index in [0.717, 1.165) is 18.7 Å². The van der Waals surface area contributed by atoms with Crippen LogP contribution in [0.15, 0.2) is 10.6 Å². The second-order valence-electron chi connectivity index (χ2n) is 6.39. The van der Waals surface area contributed by atoms with Crippen LogP contribution in [-0.4, -0.2) is 33.5 Å². The van der Waals surface area contributed by atoms with Crippen LogP contribution in [0.3, 0.4) is 0 Å². The summed E-state index contributed by atoms with van der Waals surface area (Å²) in [4.78, 5) is 17.5. The van der Waals surface area contributed by atoms with Gasteiger partial charge in [-0.05, 0) is 18.9 Å². The van der Waals surface area contributed by atoms with E-state index in [4.69, 9.17) is 4.42 Å². The lowest BCUT2D eigenvalue weighted by Crippen LogP contribution is -2.38. The van der Waals surface area contributed by atoms with Gasteiger partial charge in [0.1, 0.15) is 11.8 Å². The van der Waals surface area contributed by atoms with Crippen molar-refractivity contribution in [3.8, 4) is 0 Å². The minimum atomic E-state index is -0.757. The fraction of sp³-hybridized carbons (Fsp3) is 0.714. The molecule has 0 spiro atoms. The maximum Gasteiger partial charge on any atom is 0.321 e. The summed E-state index contributed by atoms with van der Waals surface area (Å²) in [5.41, 5.74) is -0.0737. The van der Waals surface area contributed by atoms with E-state index in [1.54, 1.807) is 6.20 Å². The van der Waals surface area contributed by atoms with Crippen LogP contribution in [0.2, 0.25) is 0 Å². The number of hydrogen-bond acceptors (Lipinski definition) is 4. The fourth-order valence-corrected chi connectivity index (χ4v) is 2.51. The van der Waals surface area contributed by atoms with Crippen molar-refractivity contribution in [1.29, 1.82) is 0 Å². The lowest BCUT2D eigenvalue weighted by atomic mass is 9.94. The van der Waals surface area contributed by atoms with Gasteiger partial charge < -0.3 is 9.52 Å². The minimum Gasteiger partial charge on any atom is -0.480 e.